The number of nitrogens with zero attached hydrogens (tertiary/aromatic N) is 1. The van der Waals surface area contributed by atoms with Gasteiger partial charge in [0.2, 0.25) is 0 Å². The highest BCUT2D eigenvalue weighted by Crippen LogP contribution is 2.21. The van der Waals surface area contributed by atoms with Crippen LogP contribution in [-0.4, -0.2) is 17.3 Å². The van der Waals surface area contributed by atoms with Crippen molar-refractivity contribution in [1.29, 1.82) is 0 Å². The van der Waals surface area contributed by atoms with Crippen LogP contribution in [0.5, 0.6) is 0 Å². The van der Waals surface area contributed by atoms with Crippen molar-refractivity contribution in [3.05, 3.63) is 71.4 Å². The molecule has 2 N–H and O–H groups in total. The summed E-state index contributed by atoms with van der Waals surface area (Å²) in [6.45, 7) is 3.92. The minimum absolute atomic E-state index is 0. The summed E-state index contributed by atoms with van der Waals surface area (Å²) in [5.74, 6) is -0.243. The zero-order valence-electron chi connectivity index (χ0n) is 14.0. The van der Waals surface area contributed by atoms with Crippen LogP contribution in [-0.2, 0) is 6.42 Å². The lowest BCUT2D eigenvalue weighted by molar-refractivity contribution is 0.0968. The number of rotatable bonds is 6. The molecule has 0 aromatic heterocycles. The van der Waals surface area contributed by atoms with Crippen LogP contribution < -0.4 is 5.32 Å². The van der Waals surface area contributed by atoms with Gasteiger partial charge in [-0.2, -0.15) is 0 Å². The number of aryl methyl sites for hydroxylation is 1. The van der Waals surface area contributed by atoms with Gasteiger partial charge < -0.3 is 10.5 Å². The Morgan fingerprint density at radius 2 is 1.64 bits per heavy atom. The number of carbonyl (C=O) groups excluding carboxylic acids is 1. The minimum atomic E-state index is -0.243. The maximum Gasteiger partial charge on any atom is 0.255 e. The number of hydrogen-bond donors (Lipinski definition) is 2. The number of carbonyl (C=O) groups is 1. The van der Waals surface area contributed by atoms with E-state index in [9.17, 15) is 4.79 Å². The summed E-state index contributed by atoms with van der Waals surface area (Å²) >= 11 is 0. The topological polar surface area (TPSA) is 61.7 Å². The molecule has 1 amide bonds. The van der Waals surface area contributed by atoms with Crippen LogP contribution in [0.4, 0.5) is 0 Å². The molecule has 2 aromatic rings. The van der Waals surface area contributed by atoms with Crippen molar-refractivity contribution in [3.8, 4) is 11.1 Å². The lowest BCUT2D eigenvalue weighted by Gasteiger charge is -2.07. The van der Waals surface area contributed by atoms with Crippen molar-refractivity contribution in [2.24, 2.45) is 5.16 Å². The van der Waals surface area contributed by atoms with Crippen LogP contribution in [0.1, 0.15) is 43.6 Å². The zero-order valence-corrected chi connectivity index (χ0v) is 14.0. The number of benzene rings is 2. The summed E-state index contributed by atoms with van der Waals surface area (Å²) < 4.78 is 0. The lowest BCUT2D eigenvalue weighted by atomic mass is 10.0. The highest BCUT2D eigenvalue weighted by molar-refractivity contribution is 5.99. The molecule has 0 bridgehead atoms. The Balaban J connectivity index is 0.00000312. The summed E-state index contributed by atoms with van der Waals surface area (Å²) in [5.41, 5.74) is 4.52. The van der Waals surface area contributed by atoms with E-state index < -0.39 is 0 Å². The van der Waals surface area contributed by atoms with E-state index >= 15 is 0 Å². The Morgan fingerprint density at radius 3 is 2.12 bits per heavy atom. The Morgan fingerprint density at radius 1 is 1.08 bits per heavy atom. The molecule has 2 aromatic carbocycles. The Labute approximate surface area is 149 Å². The Bertz CT molecular complexity index is 729. The van der Waals surface area contributed by atoms with E-state index in [4.69, 9.17) is 5.21 Å². The Hall–Kier alpha value is -2.88. The molecule has 0 spiro atoms. The number of nitrogens with one attached hydrogen (secondary N) is 1. The normalized spacial score (nSPS) is 11.2. The molecule has 0 aliphatic rings. The van der Waals surface area contributed by atoms with Gasteiger partial charge in [-0.15, -0.1) is 0 Å². The third-order valence-corrected chi connectivity index (χ3v) is 3.74. The average Bonchev–Trinajstić information content (AvgIpc) is 2.62. The van der Waals surface area contributed by atoms with Crippen molar-refractivity contribution >= 4 is 12.1 Å². The predicted molar refractivity (Wildman–Crippen MR) is 104 cm³/mol. The summed E-state index contributed by atoms with van der Waals surface area (Å²) in [6.07, 6.45) is 5.07. The SMILES string of the molecule is C.C/C=C(\C=N\O)NC(=O)c1ccc(-c2ccc(CCC)cc2)cc1. The van der Waals surface area contributed by atoms with Gasteiger partial charge >= 0.3 is 0 Å². The number of hydrogen-bond acceptors (Lipinski definition) is 3. The van der Waals surface area contributed by atoms with Crippen molar-refractivity contribution in [3.63, 3.8) is 0 Å². The van der Waals surface area contributed by atoms with Crippen molar-refractivity contribution in [2.75, 3.05) is 0 Å². The van der Waals surface area contributed by atoms with E-state index in [2.05, 4.69) is 41.7 Å². The summed E-state index contributed by atoms with van der Waals surface area (Å²) in [7, 11) is 0. The second kappa shape index (κ2) is 10.1. The van der Waals surface area contributed by atoms with Crippen LogP contribution in [0.2, 0.25) is 0 Å². The van der Waals surface area contributed by atoms with Crippen molar-refractivity contribution < 1.29 is 10.0 Å². The van der Waals surface area contributed by atoms with Gasteiger partial charge in [0.15, 0.2) is 0 Å². The first-order valence-corrected chi connectivity index (χ1v) is 8.02. The van der Waals surface area contributed by atoms with E-state index in [1.54, 1.807) is 25.1 Å². The van der Waals surface area contributed by atoms with Gasteiger partial charge in [0.1, 0.15) is 0 Å². The standard InChI is InChI=1S/C20H22N2O2.CH4/c1-3-5-15-6-8-16(9-7-15)17-10-12-18(13-11-17)20(23)22-19(4-2)14-21-24;/h4,6-14,24H,3,5H2,1-2H3,(H,22,23);1H4/b19-4+,21-14+;. The fourth-order valence-electron chi connectivity index (χ4n) is 2.41. The molecule has 0 aliphatic carbocycles. The molecule has 2 rings (SSSR count). The van der Waals surface area contributed by atoms with Crippen LogP contribution in [0.25, 0.3) is 11.1 Å². The van der Waals surface area contributed by atoms with Crippen LogP contribution in [0.3, 0.4) is 0 Å². The summed E-state index contributed by atoms with van der Waals surface area (Å²) in [5, 5.41) is 14.1. The van der Waals surface area contributed by atoms with E-state index in [0.29, 0.717) is 11.3 Å². The fraction of sp³-hybridized carbons (Fsp3) is 0.238. The molecule has 0 unspecified atom stereocenters. The second-order valence-corrected chi connectivity index (χ2v) is 5.47. The monoisotopic (exact) mass is 338 g/mol. The first-order valence-electron chi connectivity index (χ1n) is 8.02. The van der Waals surface area contributed by atoms with Crippen molar-refractivity contribution in [1.82, 2.24) is 5.32 Å². The first kappa shape index (κ1) is 20.2. The third kappa shape index (κ3) is 5.60. The van der Waals surface area contributed by atoms with Crippen molar-refractivity contribution in [2.45, 2.75) is 34.1 Å². The molecular formula is C21H26N2O2. The maximum atomic E-state index is 12.2. The highest BCUT2D eigenvalue weighted by atomic mass is 16.4. The third-order valence-electron chi connectivity index (χ3n) is 3.74. The predicted octanol–water partition coefficient (Wildman–Crippen LogP) is 5.04. The molecule has 132 valence electrons. The van der Waals surface area contributed by atoms with Crippen LogP contribution >= 0.6 is 0 Å². The molecule has 0 saturated carbocycles. The molecular weight excluding hydrogens is 312 g/mol. The number of amides is 1. The van der Waals surface area contributed by atoms with Gasteiger partial charge in [0.05, 0.1) is 11.9 Å². The van der Waals surface area contributed by atoms with Crippen LogP contribution in [0, 0.1) is 0 Å². The van der Waals surface area contributed by atoms with Gasteiger partial charge in [-0.3, -0.25) is 4.79 Å². The van der Waals surface area contributed by atoms with Gasteiger partial charge in [0, 0.05) is 5.56 Å². The van der Waals surface area contributed by atoms with Gasteiger partial charge in [-0.1, -0.05) is 68.4 Å². The number of allylic oxidation sites excluding steroid dienone is 2. The van der Waals surface area contributed by atoms with E-state index in [-0.39, 0.29) is 13.3 Å². The van der Waals surface area contributed by atoms with Gasteiger partial charge in [-0.25, -0.2) is 0 Å². The first-order chi connectivity index (χ1) is 11.7. The molecule has 0 radical (unpaired) electrons. The smallest absolute Gasteiger partial charge is 0.255 e. The highest BCUT2D eigenvalue weighted by Gasteiger charge is 2.07. The molecule has 4 heteroatoms. The average molecular weight is 338 g/mol. The van der Waals surface area contributed by atoms with Gasteiger partial charge in [0.25, 0.3) is 5.91 Å². The van der Waals surface area contributed by atoms with E-state index in [1.807, 2.05) is 12.1 Å². The minimum Gasteiger partial charge on any atom is -0.411 e. The molecule has 4 nitrogen and oxygen atoms in total. The molecule has 0 fully saturated rings. The molecule has 0 heterocycles. The van der Waals surface area contributed by atoms with Crippen LogP contribution in [0.15, 0.2) is 65.5 Å². The molecule has 0 atom stereocenters. The fourth-order valence-corrected chi connectivity index (χ4v) is 2.41. The van der Waals surface area contributed by atoms with Gasteiger partial charge in [-0.05, 0) is 42.2 Å². The second-order valence-electron chi connectivity index (χ2n) is 5.47. The lowest BCUT2D eigenvalue weighted by Crippen LogP contribution is -2.23. The quantitative estimate of drug-likeness (QED) is 0.440. The summed E-state index contributed by atoms with van der Waals surface area (Å²) in [6, 6.07) is 15.9. The number of oxime groups is 1. The Kier molecular flexibility index (Phi) is 8.13. The maximum absolute atomic E-state index is 12.2. The molecule has 0 aliphatic heterocycles. The molecule has 0 saturated heterocycles. The van der Waals surface area contributed by atoms with E-state index in [0.717, 1.165) is 24.0 Å². The van der Waals surface area contributed by atoms with E-state index in [1.165, 1.54) is 11.8 Å². The molecule has 25 heavy (non-hydrogen) atoms. The largest absolute Gasteiger partial charge is 0.411 e. The summed E-state index contributed by atoms with van der Waals surface area (Å²) in [4.78, 5) is 12.2. The zero-order chi connectivity index (χ0) is 17.4.